The fourth-order valence-electron chi connectivity index (χ4n) is 2.76. The van der Waals surface area contributed by atoms with Gasteiger partial charge in [-0.15, -0.1) is 0 Å². The van der Waals surface area contributed by atoms with E-state index in [1.165, 1.54) is 6.92 Å². The molecule has 0 bridgehead atoms. The normalized spacial score (nSPS) is 11.8. The summed E-state index contributed by atoms with van der Waals surface area (Å²) in [4.78, 5) is 23.6. The van der Waals surface area contributed by atoms with Crippen molar-refractivity contribution in [2.75, 3.05) is 5.32 Å². The predicted octanol–water partition coefficient (Wildman–Crippen LogP) is 3.18. The molecule has 1 atom stereocenters. The van der Waals surface area contributed by atoms with Gasteiger partial charge in [-0.2, -0.15) is 0 Å². The van der Waals surface area contributed by atoms with Gasteiger partial charge in [-0.25, -0.2) is 0 Å². The van der Waals surface area contributed by atoms with Crippen LogP contribution in [0, 0.1) is 0 Å². The van der Waals surface area contributed by atoms with E-state index in [0.29, 0.717) is 12.1 Å². The Morgan fingerprint density at radius 2 is 2.00 bits per heavy atom. The fraction of sp³-hybridized carbons (Fsp3) is 0.421. The third-order valence-electron chi connectivity index (χ3n) is 4.03. The van der Waals surface area contributed by atoms with E-state index in [9.17, 15) is 9.59 Å². The standard InChI is InChI=1S/C19H25N3O3/c1-5-17-16(18(6-2)25-22-17)11-19(24)20-12(3)14-8-7-9-15(10-14)21-13(4)23/h7-10,12H,5-6,11H2,1-4H3,(H,20,24)(H,21,23)/t12-/m0/s1. The molecule has 0 unspecified atom stereocenters. The summed E-state index contributed by atoms with van der Waals surface area (Å²) in [6.45, 7) is 7.36. The summed E-state index contributed by atoms with van der Waals surface area (Å²) in [5.74, 6) is 0.567. The highest BCUT2D eigenvalue weighted by molar-refractivity contribution is 5.88. The number of carbonyl (C=O) groups is 2. The molecule has 0 saturated carbocycles. The highest BCUT2D eigenvalue weighted by Gasteiger charge is 2.18. The van der Waals surface area contributed by atoms with Crippen molar-refractivity contribution in [3.05, 3.63) is 46.8 Å². The van der Waals surface area contributed by atoms with Gasteiger partial charge in [0.2, 0.25) is 11.8 Å². The van der Waals surface area contributed by atoms with Crippen molar-refractivity contribution in [1.29, 1.82) is 0 Å². The maximum atomic E-state index is 12.4. The van der Waals surface area contributed by atoms with Crippen molar-refractivity contribution in [2.45, 2.75) is 53.0 Å². The molecule has 2 aromatic rings. The molecule has 0 spiro atoms. The third kappa shape index (κ3) is 4.92. The number of hydrogen-bond donors (Lipinski definition) is 2. The Hall–Kier alpha value is -2.63. The van der Waals surface area contributed by atoms with Gasteiger partial charge < -0.3 is 15.2 Å². The lowest BCUT2D eigenvalue weighted by molar-refractivity contribution is -0.121. The third-order valence-corrected chi connectivity index (χ3v) is 4.03. The number of hydrogen-bond acceptors (Lipinski definition) is 4. The van der Waals surface area contributed by atoms with Crippen LogP contribution in [0.1, 0.15) is 56.3 Å². The van der Waals surface area contributed by atoms with E-state index < -0.39 is 0 Å². The Kier molecular flexibility index (Phi) is 6.33. The maximum Gasteiger partial charge on any atom is 0.225 e. The molecule has 0 aliphatic carbocycles. The molecule has 6 nitrogen and oxygen atoms in total. The zero-order valence-electron chi connectivity index (χ0n) is 15.2. The van der Waals surface area contributed by atoms with Crippen LogP contribution >= 0.6 is 0 Å². The van der Waals surface area contributed by atoms with Crippen LogP contribution in [0.4, 0.5) is 5.69 Å². The van der Waals surface area contributed by atoms with Gasteiger partial charge in [0.25, 0.3) is 0 Å². The van der Waals surface area contributed by atoms with Crippen LogP contribution in [0.3, 0.4) is 0 Å². The zero-order chi connectivity index (χ0) is 18.4. The first-order valence-electron chi connectivity index (χ1n) is 8.57. The molecular formula is C19H25N3O3. The number of nitrogens with zero attached hydrogens (tertiary/aromatic N) is 1. The second-order valence-corrected chi connectivity index (χ2v) is 6.01. The summed E-state index contributed by atoms with van der Waals surface area (Å²) in [5.41, 5.74) is 3.37. The van der Waals surface area contributed by atoms with Crippen molar-refractivity contribution < 1.29 is 14.1 Å². The molecule has 0 saturated heterocycles. The summed E-state index contributed by atoms with van der Waals surface area (Å²) in [5, 5.41) is 9.78. The summed E-state index contributed by atoms with van der Waals surface area (Å²) < 4.78 is 5.31. The minimum atomic E-state index is -0.170. The number of amides is 2. The smallest absolute Gasteiger partial charge is 0.225 e. The van der Waals surface area contributed by atoms with E-state index in [-0.39, 0.29) is 24.3 Å². The van der Waals surface area contributed by atoms with Crippen LogP contribution in [-0.2, 0) is 28.9 Å². The molecule has 134 valence electrons. The highest BCUT2D eigenvalue weighted by Crippen LogP contribution is 2.19. The SMILES string of the molecule is CCc1noc(CC)c1CC(=O)N[C@@H](C)c1cccc(NC(C)=O)c1. The van der Waals surface area contributed by atoms with Gasteiger partial charge >= 0.3 is 0 Å². The molecule has 0 fully saturated rings. The summed E-state index contributed by atoms with van der Waals surface area (Å²) in [6.07, 6.45) is 1.70. The van der Waals surface area contributed by atoms with Gasteiger partial charge in [0.05, 0.1) is 18.2 Å². The average Bonchev–Trinajstić information content (AvgIpc) is 2.96. The minimum Gasteiger partial charge on any atom is -0.361 e. The first kappa shape index (κ1) is 18.7. The molecule has 2 rings (SSSR count). The summed E-state index contributed by atoms with van der Waals surface area (Å²) in [6, 6.07) is 7.28. The second-order valence-electron chi connectivity index (χ2n) is 6.01. The topological polar surface area (TPSA) is 84.2 Å². The molecule has 1 heterocycles. The maximum absolute atomic E-state index is 12.4. The number of carbonyl (C=O) groups excluding carboxylic acids is 2. The Labute approximate surface area is 148 Å². The number of benzene rings is 1. The number of anilines is 1. The lowest BCUT2D eigenvalue weighted by Gasteiger charge is -2.15. The molecule has 0 aliphatic rings. The Bertz CT molecular complexity index is 731. The Morgan fingerprint density at radius 3 is 2.64 bits per heavy atom. The molecule has 0 aliphatic heterocycles. The summed E-state index contributed by atoms with van der Waals surface area (Å²) in [7, 11) is 0. The number of aryl methyl sites for hydroxylation is 2. The van der Waals surface area contributed by atoms with E-state index in [4.69, 9.17) is 4.52 Å². The lowest BCUT2D eigenvalue weighted by atomic mass is 10.0. The van der Waals surface area contributed by atoms with Crippen LogP contribution in [0.15, 0.2) is 28.8 Å². The Morgan fingerprint density at radius 1 is 1.24 bits per heavy atom. The van der Waals surface area contributed by atoms with Crippen LogP contribution in [0.25, 0.3) is 0 Å². The fourth-order valence-corrected chi connectivity index (χ4v) is 2.76. The molecule has 2 amide bonds. The predicted molar refractivity (Wildman–Crippen MR) is 96.3 cm³/mol. The van der Waals surface area contributed by atoms with Gasteiger partial charge in [-0.1, -0.05) is 31.1 Å². The quantitative estimate of drug-likeness (QED) is 0.809. The van der Waals surface area contributed by atoms with Crippen molar-refractivity contribution >= 4 is 17.5 Å². The van der Waals surface area contributed by atoms with Crippen LogP contribution in [0.5, 0.6) is 0 Å². The summed E-state index contributed by atoms with van der Waals surface area (Å²) >= 11 is 0. The van der Waals surface area contributed by atoms with Crippen molar-refractivity contribution in [1.82, 2.24) is 10.5 Å². The van der Waals surface area contributed by atoms with Crippen molar-refractivity contribution in [2.24, 2.45) is 0 Å². The van der Waals surface area contributed by atoms with E-state index in [1.807, 2.05) is 45.0 Å². The largest absolute Gasteiger partial charge is 0.361 e. The molecule has 1 aromatic carbocycles. The molecule has 0 radical (unpaired) electrons. The van der Waals surface area contributed by atoms with Crippen LogP contribution in [0.2, 0.25) is 0 Å². The van der Waals surface area contributed by atoms with Crippen LogP contribution < -0.4 is 10.6 Å². The monoisotopic (exact) mass is 343 g/mol. The van der Waals surface area contributed by atoms with Gasteiger partial charge in [0.15, 0.2) is 0 Å². The zero-order valence-corrected chi connectivity index (χ0v) is 15.2. The number of nitrogens with one attached hydrogen (secondary N) is 2. The van der Waals surface area contributed by atoms with E-state index in [0.717, 1.165) is 29.0 Å². The van der Waals surface area contributed by atoms with Crippen molar-refractivity contribution in [3.63, 3.8) is 0 Å². The van der Waals surface area contributed by atoms with Gasteiger partial charge in [0, 0.05) is 24.6 Å². The van der Waals surface area contributed by atoms with E-state index >= 15 is 0 Å². The van der Waals surface area contributed by atoms with E-state index in [2.05, 4.69) is 15.8 Å². The molecule has 6 heteroatoms. The minimum absolute atomic E-state index is 0.0787. The highest BCUT2D eigenvalue weighted by atomic mass is 16.5. The molecule has 2 N–H and O–H groups in total. The van der Waals surface area contributed by atoms with Crippen molar-refractivity contribution in [3.8, 4) is 0 Å². The average molecular weight is 343 g/mol. The lowest BCUT2D eigenvalue weighted by Crippen LogP contribution is -2.28. The van der Waals surface area contributed by atoms with Gasteiger partial charge in [-0.3, -0.25) is 9.59 Å². The van der Waals surface area contributed by atoms with E-state index in [1.54, 1.807) is 0 Å². The first-order valence-corrected chi connectivity index (χ1v) is 8.57. The van der Waals surface area contributed by atoms with Gasteiger partial charge in [-0.05, 0) is 31.0 Å². The number of aromatic nitrogens is 1. The Balaban J connectivity index is 2.05. The molecule has 1 aromatic heterocycles. The molecule has 25 heavy (non-hydrogen) atoms. The first-order chi connectivity index (χ1) is 11.9. The van der Waals surface area contributed by atoms with Gasteiger partial charge in [0.1, 0.15) is 5.76 Å². The molecular weight excluding hydrogens is 318 g/mol. The second kappa shape index (κ2) is 8.46. The van der Waals surface area contributed by atoms with Crippen LogP contribution in [-0.4, -0.2) is 17.0 Å². The number of rotatable bonds is 7.